The van der Waals surface area contributed by atoms with Gasteiger partial charge < -0.3 is 15.4 Å². The molecular formula is C27H30FN3O3S. The summed E-state index contributed by atoms with van der Waals surface area (Å²) in [6.45, 7) is 2.09. The van der Waals surface area contributed by atoms with Gasteiger partial charge in [-0.25, -0.2) is 9.37 Å². The number of nitrogens with one attached hydrogen (secondary N) is 2. The van der Waals surface area contributed by atoms with Gasteiger partial charge in [-0.1, -0.05) is 62.2 Å². The van der Waals surface area contributed by atoms with Gasteiger partial charge in [0.2, 0.25) is 5.91 Å². The maximum Gasteiger partial charge on any atom is 0.271 e. The SMILES string of the molecule is CC[C@H](C(=O)N[C@H]1CCCC[C@@H]1NC(=O)c1csc(COc2ccccc2F)n1)c1ccccc1. The summed E-state index contributed by atoms with van der Waals surface area (Å²) in [6, 6.07) is 15.7. The van der Waals surface area contributed by atoms with E-state index in [1.54, 1.807) is 23.6 Å². The average Bonchev–Trinajstić information content (AvgIpc) is 3.35. The summed E-state index contributed by atoms with van der Waals surface area (Å²) in [7, 11) is 0. The summed E-state index contributed by atoms with van der Waals surface area (Å²) >= 11 is 1.29. The van der Waals surface area contributed by atoms with E-state index in [-0.39, 0.29) is 42.2 Å². The van der Waals surface area contributed by atoms with Crippen LogP contribution in [0, 0.1) is 5.82 Å². The molecule has 0 saturated heterocycles. The Labute approximate surface area is 208 Å². The second-order valence-corrected chi connectivity index (χ2v) is 9.64. The van der Waals surface area contributed by atoms with Crippen LogP contribution >= 0.6 is 11.3 Å². The third-order valence-corrected chi connectivity index (χ3v) is 7.13. The highest BCUT2D eigenvalue weighted by atomic mass is 32.1. The molecule has 2 aromatic carbocycles. The molecule has 1 aliphatic carbocycles. The first-order valence-electron chi connectivity index (χ1n) is 12.0. The van der Waals surface area contributed by atoms with Crippen LogP contribution < -0.4 is 15.4 Å². The van der Waals surface area contributed by atoms with Gasteiger partial charge in [-0.3, -0.25) is 9.59 Å². The van der Waals surface area contributed by atoms with Gasteiger partial charge in [-0.15, -0.1) is 11.3 Å². The number of para-hydroxylation sites is 1. The standard InChI is InChI=1S/C27H30FN3O3S/c1-2-19(18-10-4-3-5-11-18)26(32)30-21-13-7-8-14-22(21)31-27(33)23-17-35-25(29-23)16-34-24-15-9-6-12-20(24)28/h3-6,9-12,15,17,19,21-22H,2,7-8,13-14,16H2,1H3,(H,30,32)(H,31,33)/t19-,21-,22-/m0/s1. The van der Waals surface area contributed by atoms with Gasteiger partial charge in [0, 0.05) is 17.5 Å². The monoisotopic (exact) mass is 495 g/mol. The highest BCUT2D eigenvalue weighted by Gasteiger charge is 2.30. The number of amides is 2. The smallest absolute Gasteiger partial charge is 0.271 e. The van der Waals surface area contributed by atoms with Gasteiger partial charge >= 0.3 is 0 Å². The van der Waals surface area contributed by atoms with Crippen molar-refractivity contribution in [3.63, 3.8) is 0 Å². The van der Waals surface area contributed by atoms with Gasteiger partial charge in [0.25, 0.3) is 5.91 Å². The zero-order valence-electron chi connectivity index (χ0n) is 19.7. The topological polar surface area (TPSA) is 80.3 Å². The molecule has 184 valence electrons. The quantitative estimate of drug-likeness (QED) is 0.427. The number of thiazole rings is 1. The molecule has 6 nitrogen and oxygen atoms in total. The van der Waals surface area contributed by atoms with Crippen LogP contribution in [0.3, 0.4) is 0 Å². The predicted molar refractivity (Wildman–Crippen MR) is 134 cm³/mol. The summed E-state index contributed by atoms with van der Waals surface area (Å²) in [5.41, 5.74) is 1.30. The third kappa shape index (κ3) is 6.45. The number of aromatic nitrogens is 1. The van der Waals surface area contributed by atoms with E-state index in [2.05, 4.69) is 15.6 Å². The normalized spacial score (nSPS) is 18.5. The van der Waals surface area contributed by atoms with Crippen molar-refractivity contribution in [2.45, 2.75) is 63.6 Å². The molecule has 4 rings (SSSR count). The Morgan fingerprint density at radius 3 is 2.46 bits per heavy atom. The number of benzene rings is 2. The van der Waals surface area contributed by atoms with Crippen LogP contribution in [0.4, 0.5) is 4.39 Å². The fourth-order valence-electron chi connectivity index (χ4n) is 4.44. The molecule has 0 radical (unpaired) electrons. The van der Waals surface area contributed by atoms with Crippen molar-refractivity contribution in [3.8, 4) is 5.75 Å². The molecule has 1 saturated carbocycles. The van der Waals surface area contributed by atoms with Gasteiger partial charge in [0.15, 0.2) is 11.6 Å². The van der Waals surface area contributed by atoms with Gasteiger partial charge in [0.1, 0.15) is 17.3 Å². The summed E-state index contributed by atoms with van der Waals surface area (Å²) < 4.78 is 19.2. The second kappa shape index (κ2) is 11.9. The van der Waals surface area contributed by atoms with Crippen LogP contribution in [0.1, 0.15) is 66.0 Å². The Kier molecular flexibility index (Phi) is 8.47. The first-order chi connectivity index (χ1) is 17.0. The average molecular weight is 496 g/mol. The lowest BCUT2D eigenvalue weighted by Gasteiger charge is -2.33. The minimum atomic E-state index is -0.440. The van der Waals surface area contributed by atoms with Crippen molar-refractivity contribution in [3.05, 3.63) is 82.1 Å². The Balaban J connectivity index is 1.35. The lowest BCUT2D eigenvalue weighted by Crippen LogP contribution is -2.54. The summed E-state index contributed by atoms with van der Waals surface area (Å²) in [5.74, 6) is -0.795. The molecule has 35 heavy (non-hydrogen) atoms. The maximum absolute atomic E-state index is 13.7. The van der Waals surface area contributed by atoms with E-state index in [1.165, 1.54) is 17.4 Å². The zero-order chi connectivity index (χ0) is 24.6. The van der Waals surface area contributed by atoms with Crippen molar-refractivity contribution in [2.24, 2.45) is 0 Å². The second-order valence-electron chi connectivity index (χ2n) is 8.70. The van der Waals surface area contributed by atoms with E-state index in [0.717, 1.165) is 31.2 Å². The number of ether oxygens (including phenoxy) is 1. The molecule has 1 aromatic heterocycles. The summed E-state index contributed by atoms with van der Waals surface area (Å²) in [6.07, 6.45) is 4.32. The minimum Gasteiger partial charge on any atom is -0.483 e. The Morgan fingerprint density at radius 1 is 1.06 bits per heavy atom. The molecule has 2 amide bonds. The van der Waals surface area contributed by atoms with Crippen LogP contribution in [0.5, 0.6) is 5.75 Å². The largest absolute Gasteiger partial charge is 0.483 e. The van der Waals surface area contributed by atoms with Crippen LogP contribution in [-0.2, 0) is 11.4 Å². The van der Waals surface area contributed by atoms with E-state index in [1.807, 2.05) is 37.3 Å². The van der Waals surface area contributed by atoms with E-state index < -0.39 is 5.82 Å². The highest BCUT2D eigenvalue weighted by molar-refractivity contribution is 7.09. The highest BCUT2D eigenvalue weighted by Crippen LogP contribution is 2.24. The number of hydrogen-bond donors (Lipinski definition) is 2. The van der Waals surface area contributed by atoms with E-state index >= 15 is 0 Å². The summed E-state index contributed by atoms with van der Waals surface area (Å²) in [5, 5.41) is 8.53. The minimum absolute atomic E-state index is 0.00825. The number of carbonyl (C=O) groups is 2. The van der Waals surface area contributed by atoms with Crippen LogP contribution in [0.15, 0.2) is 60.0 Å². The lowest BCUT2D eigenvalue weighted by atomic mass is 9.88. The van der Waals surface area contributed by atoms with Crippen molar-refractivity contribution >= 4 is 23.2 Å². The molecular weight excluding hydrogens is 465 g/mol. The van der Waals surface area contributed by atoms with Gasteiger partial charge in [-0.2, -0.15) is 0 Å². The summed E-state index contributed by atoms with van der Waals surface area (Å²) in [4.78, 5) is 30.4. The van der Waals surface area contributed by atoms with Crippen molar-refractivity contribution in [1.82, 2.24) is 15.6 Å². The predicted octanol–water partition coefficient (Wildman–Crippen LogP) is 5.21. The molecule has 0 bridgehead atoms. The first kappa shape index (κ1) is 24.9. The molecule has 1 aliphatic rings. The Morgan fingerprint density at radius 2 is 1.74 bits per heavy atom. The van der Waals surface area contributed by atoms with Crippen LogP contribution in [0.2, 0.25) is 0 Å². The number of carbonyl (C=O) groups excluding carboxylic acids is 2. The molecule has 1 heterocycles. The molecule has 3 atom stereocenters. The van der Waals surface area contributed by atoms with Gasteiger partial charge in [0.05, 0.1) is 5.92 Å². The number of halogens is 1. The molecule has 0 unspecified atom stereocenters. The Hall–Kier alpha value is -3.26. The van der Waals surface area contributed by atoms with Crippen molar-refractivity contribution in [2.75, 3.05) is 0 Å². The molecule has 3 aromatic rings. The van der Waals surface area contributed by atoms with E-state index in [0.29, 0.717) is 17.1 Å². The fourth-order valence-corrected chi connectivity index (χ4v) is 5.13. The number of rotatable bonds is 9. The third-order valence-electron chi connectivity index (χ3n) is 6.31. The Bertz CT molecular complexity index is 1140. The molecule has 1 fully saturated rings. The molecule has 0 spiro atoms. The van der Waals surface area contributed by atoms with Crippen LogP contribution in [-0.4, -0.2) is 28.9 Å². The molecule has 0 aliphatic heterocycles. The fraction of sp³-hybridized carbons (Fsp3) is 0.370. The maximum atomic E-state index is 13.7. The van der Waals surface area contributed by atoms with Crippen molar-refractivity contribution in [1.29, 1.82) is 0 Å². The number of nitrogens with zero attached hydrogens (tertiary/aromatic N) is 1. The van der Waals surface area contributed by atoms with E-state index in [4.69, 9.17) is 4.74 Å². The molecule has 8 heteroatoms. The van der Waals surface area contributed by atoms with E-state index in [9.17, 15) is 14.0 Å². The first-order valence-corrected chi connectivity index (χ1v) is 12.9. The lowest BCUT2D eigenvalue weighted by molar-refractivity contribution is -0.123. The molecule has 2 N–H and O–H groups in total. The van der Waals surface area contributed by atoms with Gasteiger partial charge in [-0.05, 0) is 37.0 Å². The van der Waals surface area contributed by atoms with Crippen molar-refractivity contribution < 1.29 is 18.7 Å². The van der Waals surface area contributed by atoms with Crippen LogP contribution in [0.25, 0.3) is 0 Å². The number of hydrogen-bond acceptors (Lipinski definition) is 5. The zero-order valence-corrected chi connectivity index (χ0v) is 20.5.